The predicted octanol–water partition coefficient (Wildman–Crippen LogP) is 4.12. The van der Waals surface area contributed by atoms with E-state index < -0.39 is 23.1 Å². The van der Waals surface area contributed by atoms with Crippen molar-refractivity contribution in [3.05, 3.63) is 33.8 Å². The van der Waals surface area contributed by atoms with Crippen LogP contribution in [0.5, 0.6) is 0 Å². The Morgan fingerprint density at radius 3 is 2.33 bits per heavy atom. The van der Waals surface area contributed by atoms with Gasteiger partial charge in [0, 0.05) is 4.47 Å². The molecule has 0 atom stereocenters. The number of hydrogen-bond acceptors (Lipinski definition) is 1. The monoisotopic (exact) mass is 324 g/mol. The molecular weight excluding hydrogens is 313 g/mol. The van der Waals surface area contributed by atoms with Crippen molar-refractivity contribution < 1.29 is 23.1 Å². The fraction of sp³-hybridized carbons (Fsp3) is 0.417. The number of aliphatic carboxylic acids is 1. The molecule has 0 unspecified atom stereocenters. The van der Waals surface area contributed by atoms with Crippen LogP contribution in [0.4, 0.5) is 13.2 Å². The molecule has 0 fully saturated rings. The van der Waals surface area contributed by atoms with Gasteiger partial charge in [-0.15, -0.1) is 0 Å². The Hall–Kier alpha value is -1.04. The zero-order valence-electron chi connectivity index (χ0n) is 9.81. The molecule has 6 heteroatoms. The van der Waals surface area contributed by atoms with Gasteiger partial charge in [0.1, 0.15) is 0 Å². The molecule has 1 aromatic carbocycles. The number of halogens is 4. The lowest BCUT2D eigenvalue weighted by atomic mass is 9.84. The van der Waals surface area contributed by atoms with E-state index in [-0.39, 0.29) is 16.5 Å². The first kappa shape index (κ1) is 15.0. The van der Waals surface area contributed by atoms with E-state index in [4.69, 9.17) is 5.11 Å². The smallest absolute Gasteiger partial charge is 0.416 e. The molecule has 0 saturated carbocycles. The molecule has 0 saturated heterocycles. The van der Waals surface area contributed by atoms with Gasteiger partial charge in [0.2, 0.25) is 0 Å². The van der Waals surface area contributed by atoms with Gasteiger partial charge < -0.3 is 5.11 Å². The van der Waals surface area contributed by atoms with E-state index in [1.807, 2.05) is 0 Å². The number of carboxylic acid groups (broad SMARTS) is 1. The fourth-order valence-electron chi connectivity index (χ4n) is 1.52. The van der Waals surface area contributed by atoms with Crippen molar-refractivity contribution in [3.63, 3.8) is 0 Å². The zero-order valence-corrected chi connectivity index (χ0v) is 11.4. The third-order valence-corrected chi connectivity index (χ3v) is 3.36. The van der Waals surface area contributed by atoms with E-state index in [1.54, 1.807) is 0 Å². The maximum Gasteiger partial charge on any atom is 0.416 e. The highest BCUT2D eigenvalue weighted by Crippen LogP contribution is 2.38. The average Bonchev–Trinajstić information content (AvgIpc) is 2.18. The largest absolute Gasteiger partial charge is 0.481 e. The molecule has 1 N–H and O–H groups in total. The number of rotatable bonds is 3. The van der Waals surface area contributed by atoms with Gasteiger partial charge in [-0.05, 0) is 38.0 Å². The van der Waals surface area contributed by atoms with Crippen LogP contribution < -0.4 is 0 Å². The lowest BCUT2D eigenvalue weighted by Gasteiger charge is -2.22. The van der Waals surface area contributed by atoms with Crippen LogP contribution in [-0.4, -0.2) is 11.1 Å². The van der Waals surface area contributed by atoms with Crippen LogP contribution in [0.25, 0.3) is 0 Å². The third kappa shape index (κ3) is 3.25. The quantitative estimate of drug-likeness (QED) is 0.908. The van der Waals surface area contributed by atoms with Crippen LogP contribution in [0.3, 0.4) is 0 Å². The summed E-state index contributed by atoms with van der Waals surface area (Å²) in [6.45, 7) is 2.80. The minimum Gasteiger partial charge on any atom is -0.481 e. The Labute approximate surface area is 111 Å². The second-order valence-corrected chi connectivity index (χ2v) is 5.48. The highest BCUT2D eigenvalue weighted by molar-refractivity contribution is 9.10. The second-order valence-electron chi connectivity index (χ2n) is 4.63. The Balaban J connectivity index is 3.28. The first-order chi connectivity index (χ1) is 8.05. The molecule has 0 aliphatic rings. The third-order valence-electron chi connectivity index (χ3n) is 2.62. The number of carboxylic acids is 1. The molecule has 18 heavy (non-hydrogen) atoms. The van der Waals surface area contributed by atoms with E-state index in [0.29, 0.717) is 0 Å². The Bertz CT molecular complexity index is 467. The SMILES string of the molecule is CC(C)(Cc1c(Br)cccc1C(F)(F)F)C(=O)O. The summed E-state index contributed by atoms with van der Waals surface area (Å²) in [5.41, 5.74) is -2.09. The summed E-state index contributed by atoms with van der Waals surface area (Å²) in [5.74, 6) is -1.13. The van der Waals surface area contributed by atoms with Crippen molar-refractivity contribution in [2.24, 2.45) is 5.41 Å². The van der Waals surface area contributed by atoms with Crippen molar-refractivity contribution in [3.8, 4) is 0 Å². The van der Waals surface area contributed by atoms with Crippen molar-refractivity contribution >= 4 is 21.9 Å². The van der Waals surface area contributed by atoms with Crippen molar-refractivity contribution in [1.29, 1.82) is 0 Å². The summed E-state index contributed by atoms with van der Waals surface area (Å²) in [7, 11) is 0. The summed E-state index contributed by atoms with van der Waals surface area (Å²) in [6, 6.07) is 3.71. The van der Waals surface area contributed by atoms with Crippen molar-refractivity contribution in [1.82, 2.24) is 0 Å². The van der Waals surface area contributed by atoms with Gasteiger partial charge in [-0.25, -0.2) is 0 Å². The van der Waals surface area contributed by atoms with Crippen LogP contribution in [0.2, 0.25) is 0 Å². The summed E-state index contributed by atoms with van der Waals surface area (Å²) in [5, 5.41) is 8.99. The molecule has 1 rings (SSSR count). The number of hydrogen-bond donors (Lipinski definition) is 1. The fourth-order valence-corrected chi connectivity index (χ4v) is 2.03. The molecule has 2 nitrogen and oxygen atoms in total. The average molecular weight is 325 g/mol. The number of alkyl halides is 3. The standard InChI is InChI=1S/C12H12BrF3O2/c1-11(2,10(17)18)6-7-8(12(14,15)16)4-3-5-9(7)13/h3-5H,6H2,1-2H3,(H,17,18). The summed E-state index contributed by atoms with van der Waals surface area (Å²) >= 11 is 3.05. The Morgan fingerprint density at radius 1 is 1.33 bits per heavy atom. The molecular formula is C12H12BrF3O2. The number of carbonyl (C=O) groups is 1. The van der Waals surface area contributed by atoms with Gasteiger partial charge in [-0.3, -0.25) is 4.79 Å². The number of benzene rings is 1. The normalized spacial score (nSPS) is 12.6. The van der Waals surface area contributed by atoms with Crippen LogP contribution >= 0.6 is 15.9 Å². The van der Waals surface area contributed by atoms with E-state index >= 15 is 0 Å². The van der Waals surface area contributed by atoms with Gasteiger partial charge in [0.15, 0.2) is 0 Å². The van der Waals surface area contributed by atoms with Crippen LogP contribution in [-0.2, 0) is 17.4 Å². The van der Waals surface area contributed by atoms with Crippen LogP contribution in [0.15, 0.2) is 22.7 Å². The lowest BCUT2D eigenvalue weighted by Crippen LogP contribution is -2.27. The predicted molar refractivity (Wildman–Crippen MR) is 64.3 cm³/mol. The lowest BCUT2D eigenvalue weighted by molar-refractivity contribution is -0.148. The maximum absolute atomic E-state index is 12.8. The molecule has 1 aromatic rings. The first-order valence-corrected chi connectivity index (χ1v) is 5.93. The second kappa shape index (κ2) is 4.91. The van der Waals surface area contributed by atoms with E-state index in [1.165, 1.54) is 26.0 Å². The van der Waals surface area contributed by atoms with E-state index in [9.17, 15) is 18.0 Å². The molecule has 0 radical (unpaired) electrons. The summed E-state index contributed by atoms with van der Waals surface area (Å²) in [4.78, 5) is 11.0. The summed E-state index contributed by atoms with van der Waals surface area (Å²) in [6.07, 6.45) is -4.69. The molecule has 0 heterocycles. The molecule has 0 amide bonds. The van der Waals surface area contributed by atoms with Crippen molar-refractivity contribution in [2.45, 2.75) is 26.4 Å². The van der Waals surface area contributed by atoms with Crippen LogP contribution in [0, 0.1) is 5.41 Å². The molecule has 100 valence electrons. The molecule has 0 aromatic heterocycles. The van der Waals surface area contributed by atoms with Crippen LogP contribution in [0.1, 0.15) is 25.0 Å². The topological polar surface area (TPSA) is 37.3 Å². The Kier molecular flexibility index (Phi) is 4.10. The maximum atomic E-state index is 12.8. The van der Waals surface area contributed by atoms with Gasteiger partial charge in [0.05, 0.1) is 11.0 Å². The molecule has 0 spiro atoms. The van der Waals surface area contributed by atoms with Gasteiger partial charge >= 0.3 is 12.1 Å². The molecule has 0 aliphatic heterocycles. The van der Waals surface area contributed by atoms with Gasteiger partial charge in [-0.1, -0.05) is 22.0 Å². The molecule has 0 bridgehead atoms. The highest BCUT2D eigenvalue weighted by Gasteiger charge is 2.37. The van der Waals surface area contributed by atoms with Crippen molar-refractivity contribution in [2.75, 3.05) is 0 Å². The Morgan fingerprint density at radius 2 is 1.89 bits per heavy atom. The minimum absolute atomic E-state index is 0.0302. The molecule has 0 aliphatic carbocycles. The first-order valence-electron chi connectivity index (χ1n) is 5.13. The van der Waals surface area contributed by atoms with Gasteiger partial charge in [-0.2, -0.15) is 13.2 Å². The minimum atomic E-state index is -4.49. The van der Waals surface area contributed by atoms with E-state index in [0.717, 1.165) is 6.07 Å². The van der Waals surface area contributed by atoms with Gasteiger partial charge in [0.25, 0.3) is 0 Å². The summed E-state index contributed by atoms with van der Waals surface area (Å²) < 4.78 is 38.8. The highest BCUT2D eigenvalue weighted by atomic mass is 79.9. The zero-order chi connectivity index (χ0) is 14.1. The van der Waals surface area contributed by atoms with E-state index in [2.05, 4.69) is 15.9 Å².